The van der Waals surface area contributed by atoms with Crippen molar-refractivity contribution in [1.82, 2.24) is 15.0 Å². The standard InChI is InChI=1S/C11H13N3O3S/c1-18(15,16)11-4-2-3-10(9-11)17-8-7-14-6-5-12-13-14/h2-6,9H,7-8H2,1H3. The Morgan fingerprint density at radius 2 is 2.22 bits per heavy atom. The van der Waals surface area contributed by atoms with E-state index in [4.69, 9.17) is 4.74 Å². The van der Waals surface area contributed by atoms with Gasteiger partial charge in [-0.1, -0.05) is 11.3 Å². The van der Waals surface area contributed by atoms with Gasteiger partial charge in [-0.05, 0) is 18.2 Å². The number of rotatable bonds is 5. The molecule has 2 rings (SSSR count). The lowest BCUT2D eigenvalue weighted by Crippen LogP contribution is -2.09. The fourth-order valence-corrected chi connectivity index (χ4v) is 2.06. The molecular formula is C11H13N3O3S. The van der Waals surface area contributed by atoms with Gasteiger partial charge >= 0.3 is 0 Å². The molecule has 0 aliphatic carbocycles. The van der Waals surface area contributed by atoms with Crippen molar-refractivity contribution in [3.05, 3.63) is 36.7 Å². The predicted octanol–water partition coefficient (Wildman–Crippen LogP) is 0.761. The number of sulfone groups is 1. The molecule has 0 fully saturated rings. The van der Waals surface area contributed by atoms with E-state index in [1.165, 1.54) is 12.3 Å². The molecule has 0 saturated carbocycles. The van der Waals surface area contributed by atoms with Crippen molar-refractivity contribution in [3.63, 3.8) is 0 Å². The lowest BCUT2D eigenvalue weighted by molar-refractivity contribution is 0.289. The number of aromatic nitrogens is 3. The van der Waals surface area contributed by atoms with Gasteiger partial charge in [-0.15, -0.1) is 5.10 Å². The smallest absolute Gasteiger partial charge is 0.175 e. The highest BCUT2D eigenvalue weighted by Gasteiger charge is 2.07. The number of hydrogen-bond donors (Lipinski definition) is 0. The zero-order valence-corrected chi connectivity index (χ0v) is 10.7. The molecule has 7 heteroatoms. The molecule has 0 bridgehead atoms. The fourth-order valence-electron chi connectivity index (χ4n) is 1.40. The maximum atomic E-state index is 11.4. The van der Waals surface area contributed by atoms with Gasteiger partial charge in [-0.25, -0.2) is 13.1 Å². The van der Waals surface area contributed by atoms with Gasteiger partial charge in [0, 0.05) is 12.5 Å². The van der Waals surface area contributed by atoms with E-state index in [0.29, 0.717) is 18.9 Å². The van der Waals surface area contributed by atoms with E-state index in [-0.39, 0.29) is 4.90 Å². The van der Waals surface area contributed by atoms with E-state index in [1.807, 2.05) is 0 Å². The van der Waals surface area contributed by atoms with Crippen LogP contribution < -0.4 is 4.74 Å². The van der Waals surface area contributed by atoms with Crippen LogP contribution in [-0.4, -0.2) is 36.3 Å². The van der Waals surface area contributed by atoms with Crippen molar-refractivity contribution in [2.24, 2.45) is 0 Å². The summed E-state index contributed by atoms with van der Waals surface area (Å²) in [6.07, 6.45) is 4.49. The minimum atomic E-state index is -3.20. The van der Waals surface area contributed by atoms with Crippen LogP contribution in [0, 0.1) is 0 Å². The summed E-state index contributed by atoms with van der Waals surface area (Å²) in [7, 11) is -3.20. The molecule has 0 unspecified atom stereocenters. The molecule has 0 saturated heterocycles. The van der Waals surface area contributed by atoms with Crippen LogP contribution in [0.25, 0.3) is 0 Å². The van der Waals surface area contributed by atoms with E-state index >= 15 is 0 Å². The Labute approximate surface area is 105 Å². The summed E-state index contributed by atoms with van der Waals surface area (Å²) in [5.74, 6) is 0.526. The molecule has 2 aromatic rings. The first-order valence-electron chi connectivity index (χ1n) is 5.33. The van der Waals surface area contributed by atoms with Crippen LogP contribution in [0.15, 0.2) is 41.6 Å². The van der Waals surface area contributed by atoms with Crippen LogP contribution in [0.1, 0.15) is 0 Å². The molecule has 6 nitrogen and oxygen atoms in total. The molecule has 0 spiro atoms. The van der Waals surface area contributed by atoms with Crippen LogP contribution in [0.2, 0.25) is 0 Å². The topological polar surface area (TPSA) is 74.1 Å². The van der Waals surface area contributed by atoms with Crippen molar-refractivity contribution >= 4 is 9.84 Å². The normalized spacial score (nSPS) is 11.4. The highest BCUT2D eigenvalue weighted by atomic mass is 32.2. The maximum absolute atomic E-state index is 11.4. The monoisotopic (exact) mass is 267 g/mol. The van der Waals surface area contributed by atoms with Gasteiger partial charge in [0.05, 0.1) is 17.6 Å². The van der Waals surface area contributed by atoms with Crippen molar-refractivity contribution in [2.45, 2.75) is 11.4 Å². The van der Waals surface area contributed by atoms with E-state index in [1.54, 1.807) is 35.3 Å². The van der Waals surface area contributed by atoms with Gasteiger partial charge in [0.15, 0.2) is 9.84 Å². The minimum absolute atomic E-state index is 0.251. The predicted molar refractivity (Wildman–Crippen MR) is 65.1 cm³/mol. The summed E-state index contributed by atoms with van der Waals surface area (Å²) >= 11 is 0. The van der Waals surface area contributed by atoms with Gasteiger partial charge in [-0.3, -0.25) is 0 Å². The van der Waals surface area contributed by atoms with Crippen LogP contribution in [0.4, 0.5) is 0 Å². The summed E-state index contributed by atoms with van der Waals surface area (Å²) < 4.78 is 29.8. The fraction of sp³-hybridized carbons (Fsp3) is 0.273. The minimum Gasteiger partial charge on any atom is -0.492 e. The number of hydrogen-bond acceptors (Lipinski definition) is 5. The Kier molecular flexibility index (Phi) is 3.61. The molecule has 0 aliphatic heterocycles. The molecule has 0 atom stereocenters. The molecule has 0 aliphatic rings. The third-order valence-electron chi connectivity index (χ3n) is 2.29. The quantitative estimate of drug-likeness (QED) is 0.799. The zero-order valence-electron chi connectivity index (χ0n) is 9.85. The molecule has 0 radical (unpaired) electrons. The second-order valence-electron chi connectivity index (χ2n) is 3.76. The summed E-state index contributed by atoms with van der Waals surface area (Å²) in [6.45, 7) is 0.958. The van der Waals surface area contributed by atoms with Crippen molar-refractivity contribution in [1.29, 1.82) is 0 Å². The Morgan fingerprint density at radius 3 is 2.89 bits per heavy atom. The SMILES string of the molecule is CS(=O)(=O)c1cccc(OCCn2ccnn2)c1. The second-order valence-corrected chi connectivity index (χ2v) is 5.78. The first kappa shape index (κ1) is 12.6. The maximum Gasteiger partial charge on any atom is 0.175 e. The third-order valence-corrected chi connectivity index (χ3v) is 3.40. The number of benzene rings is 1. The summed E-state index contributed by atoms with van der Waals surface area (Å²) in [5.41, 5.74) is 0. The van der Waals surface area contributed by atoms with Gasteiger partial charge in [0.25, 0.3) is 0 Å². The van der Waals surface area contributed by atoms with E-state index in [9.17, 15) is 8.42 Å². The zero-order chi connectivity index (χ0) is 13.0. The summed E-state index contributed by atoms with van der Waals surface area (Å²) in [4.78, 5) is 0.251. The van der Waals surface area contributed by atoms with Crippen LogP contribution in [-0.2, 0) is 16.4 Å². The highest BCUT2D eigenvalue weighted by molar-refractivity contribution is 7.90. The average Bonchev–Trinajstić information content (AvgIpc) is 2.81. The second kappa shape index (κ2) is 5.18. The number of ether oxygens (including phenoxy) is 1. The van der Waals surface area contributed by atoms with Crippen LogP contribution in [0.3, 0.4) is 0 Å². The average molecular weight is 267 g/mol. The first-order valence-corrected chi connectivity index (χ1v) is 7.22. The van der Waals surface area contributed by atoms with Gasteiger partial charge in [-0.2, -0.15) is 0 Å². The van der Waals surface area contributed by atoms with Gasteiger partial charge < -0.3 is 4.74 Å². The van der Waals surface area contributed by atoms with Crippen molar-refractivity contribution in [2.75, 3.05) is 12.9 Å². The molecule has 0 N–H and O–H groups in total. The van der Waals surface area contributed by atoms with Crippen molar-refractivity contribution in [3.8, 4) is 5.75 Å². The highest BCUT2D eigenvalue weighted by Crippen LogP contribution is 2.17. The molecule has 1 aromatic carbocycles. The van der Waals surface area contributed by atoms with Gasteiger partial charge in [0.2, 0.25) is 0 Å². The molecule has 18 heavy (non-hydrogen) atoms. The molecule has 96 valence electrons. The largest absolute Gasteiger partial charge is 0.492 e. The molecule has 1 aromatic heterocycles. The number of nitrogens with zero attached hydrogens (tertiary/aromatic N) is 3. The summed E-state index contributed by atoms with van der Waals surface area (Å²) in [6, 6.07) is 6.42. The first-order chi connectivity index (χ1) is 8.55. The summed E-state index contributed by atoms with van der Waals surface area (Å²) in [5, 5.41) is 7.47. The lowest BCUT2D eigenvalue weighted by Gasteiger charge is -2.07. The molecular weight excluding hydrogens is 254 g/mol. The van der Waals surface area contributed by atoms with Crippen molar-refractivity contribution < 1.29 is 13.2 Å². The lowest BCUT2D eigenvalue weighted by atomic mass is 10.3. The van der Waals surface area contributed by atoms with Crippen LogP contribution >= 0.6 is 0 Å². The molecule has 1 heterocycles. The Hall–Kier alpha value is -1.89. The molecule has 0 amide bonds. The van der Waals surface area contributed by atoms with E-state index < -0.39 is 9.84 Å². The Morgan fingerprint density at radius 1 is 1.39 bits per heavy atom. The Balaban J connectivity index is 1.98. The third kappa shape index (κ3) is 3.30. The van der Waals surface area contributed by atoms with Crippen LogP contribution in [0.5, 0.6) is 5.75 Å². The van der Waals surface area contributed by atoms with E-state index in [0.717, 1.165) is 0 Å². The van der Waals surface area contributed by atoms with E-state index in [2.05, 4.69) is 10.3 Å². The van der Waals surface area contributed by atoms with Gasteiger partial charge in [0.1, 0.15) is 12.4 Å². The Bertz CT molecular complexity index is 608.